The average molecular weight is 284 g/mol. The van der Waals surface area contributed by atoms with Gasteiger partial charge in [-0.05, 0) is 37.1 Å². The van der Waals surface area contributed by atoms with E-state index < -0.39 is 0 Å². The Kier molecular flexibility index (Phi) is 5.12. The zero-order valence-corrected chi connectivity index (χ0v) is 12.7. The summed E-state index contributed by atoms with van der Waals surface area (Å²) < 4.78 is 10.6. The number of methoxy groups -OCH3 is 1. The van der Waals surface area contributed by atoms with Crippen molar-refractivity contribution in [2.24, 2.45) is 0 Å². The minimum absolute atomic E-state index is 0.00128. The Morgan fingerprint density at radius 3 is 2.29 bits per heavy atom. The maximum Gasteiger partial charge on any atom is 0.197 e. The molecule has 2 rings (SSSR count). The Bertz CT molecular complexity index is 612. The number of carbonyl (C=O) groups excluding carboxylic acids is 1. The van der Waals surface area contributed by atoms with Crippen LogP contribution in [0, 0.1) is 13.8 Å². The Morgan fingerprint density at radius 1 is 0.952 bits per heavy atom. The third kappa shape index (κ3) is 3.50. The Balaban J connectivity index is 2.35. The van der Waals surface area contributed by atoms with Crippen LogP contribution in [0.5, 0.6) is 5.75 Å². The highest BCUT2D eigenvalue weighted by atomic mass is 16.5. The van der Waals surface area contributed by atoms with E-state index >= 15 is 0 Å². The molecule has 0 atom stereocenters. The van der Waals surface area contributed by atoms with Crippen LogP contribution < -0.4 is 4.74 Å². The molecule has 0 heterocycles. The van der Waals surface area contributed by atoms with Crippen LogP contribution in [0.4, 0.5) is 0 Å². The lowest BCUT2D eigenvalue weighted by Gasteiger charge is -2.13. The summed E-state index contributed by atoms with van der Waals surface area (Å²) >= 11 is 0. The molecule has 0 N–H and O–H groups in total. The number of hydrogen-bond acceptors (Lipinski definition) is 3. The first-order chi connectivity index (χ1) is 10.1. The number of benzene rings is 2. The molecule has 3 nitrogen and oxygen atoms in total. The van der Waals surface area contributed by atoms with Crippen molar-refractivity contribution in [1.29, 1.82) is 0 Å². The molecular formula is C18H20O3. The predicted octanol–water partition coefficient (Wildman–Crippen LogP) is 3.56. The molecule has 0 fully saturated rings. The van der Waals surface area contributed by atoms with E-state index in [1.807, 2.05) is 50.2 Å². The van der Waals surface area contributed by atoms with Crippen LogP contribution in [0.1, 0.15) is 27.0 Å². The van der Waals surface area contributed by atoms with E-state index in [4.69, 9.17) is 9.47 Å². The summed E-state index contributed by atoms with van der Waals surface area (Å²) in [6.45, 7) is 4.82. The summed E-state index contributed by atoms with van der Waals surface area (Å²) in [7, 11) is 1.62. The highest BCUT2D eigenvalue weighted by Gasteiger charge is 2.17. The lowest BCUT2D eigenvalue weighted by molar-refractivity contribution is 0.102. The second kappa shape index (κ2) is 7.04. The van der Waals surface area contributed by atoms with Gasteiger partial charge < -0.3 is 9.47 Å². The van der Waals surface area contributed by atoms with Crippen molar-refractivity contribution in [3.63, 3.8) is 0 Å². The molecule has 0 aliphatic carbocycles. The van der Waals surface area contributed by atoms with Crippen LogP contribution in [0.25, 0.3) is 0 Å². The van der Waals surface area contributed by atoms with Gasteiger partial charge in [0.15, 0.2) is 5.78 Å². The van der Waals surface area contributed by atoms with Crippen molar-refractivity contribution >= 4 is 5.78 Å². The molecule has 0 amide bonds. The molecule has 3 heteroatoms. The van der Waals surface area contributed by atoms with Crippen molar-refractivity contribution in [2.45, 2.75) is 13.8 Å². The maximum atomic E-state index is 12.8. The lowest BCUT2D eigenvalue weighted by Crippen LogP contribution is -2.11. The smallest absolute Gasteiger partial charge is 0.197 e. The lowest BCUT2D eigenvalue weighted by atomic mass is 9.94. The fourth-order valence-corrected chi connectivity index (χ4v) is 2.32. The standard InChI is InChI=1S/C18H20O3/c1-13-7-6-8-14(2)17(13)18(19)15-9-4-5-10-16(15)21-12-11-20-3/h4-10H,11-12H2,1-3H3. The van der Waals surface area contributed by atoms with Gasteiger partial charge in [-0.1, -0.05) is 30.3 Å². The molecule has 0 aromatic heterocycles. The van der Waals surface area contributed by atoms with E-state index in [1.54, 1.807) is 13.2 Å². The number of aryl methyl sites for hydroxylation is 2. The van der Waals surface area contributed by atoms with Gasteiger partial charge in [-0.15, -0.1) is 0 Å². The van der Waals surface area contributed by atoms with Gasteiger partial charge in [0.2, 0.25) is 0 Å². The molecule has 0 spiro atoms. The number of carbonyl (C=O) groups is 1. The van der Waals surface area contributed by atoms with E-state index in [0.717, 1.165) is 16.7 Å². The molecule has 0 unspecified atom stereocenters. The van der Waals surface area contributed by atoms with Crippen molar-refractivity contribution in [1.82, 2.24) is 0 Å². The monoisotopic (exact) mass is 284 g/mol. The first-order valence-corrected chi connectivity index (χ1v) is 6.97. The molecule has 0 radical (unpaired) electrons. The average Bonchev–Trinajstić information content (AvgIpc) is 2.47. The Hall–Kier alpha value is -2.13. The summed E-state index contributed by atoms with van der Waals surface area (Å²) in [5.41, 5.74) is 3.30. The Labute approximate surface area is 125 Å². The summed E-state index contributed by atoms with van der Waals surface area (Å²) in [6.07, 6.45) is 0. The summed E-state index contributed by atoms with van der Waals surface area (Å²) in [4.78, 5) is 12.8. The van der Waals surface area contributed by atoms with E-state index in [1.165, 1.54) is 0 Å². The molecule has 0 aliphatic heterocycles. The van der Waals surface area contributed by atoms with Crippen LogP contribution in [-0.4, -0.2) is 26.1 Å². The molecule has 0 saturated heterocycles. The minimum atomic E-state index is -0.00128. The van der Waals surface area contributed by atoms with Gasteiger partial charge in [-0.2, -0.15) is 0 Å². The van der Waals surface area contributed by atoms with Crippen LogP contribution in [0.3, 0.4) is 0 Å². The maximum absolute atomic E-state index is 12.8. The van der Waals surface area contributed by atoms with Crippen LogP contribution in [0.2, 0.25) is 0 Å². The van der Waals surface area contributed by atoms with Gasteiger partial charge in [-0.25, -0.2) is 0 Å². The number of hydrogen-bond donors (Lipinski definition) is 0. The van der Waals surface area contributed by atoms with Gasteiger partial charge in [0.25, 0.3) is 0 Å². The molecule has 0 saturated carbocycles. The molecule has 2 aromatic rings. The van der Waals surface area contributed by atoms with Crippen LogP contribution >= 0.6 is 0 Å². The third-order valence-corrected chi connectivity index (χ3v) is 3.38. The minimum Gasteiger partial charge on any atom is -0.490 e. The highest BCUT2D eigenvalue weighted by Crippen LogP contribution is 2.24. The summed E-state index contributed by atoms with van der Waals surface area (Å²) in [5, 5.41) is 0. The van der Waals surface area contributed by atoms with Gasteiger partial charge in [0.05, 0.1) is 12.2 Å². The summed E-state index contributed by atoms with van der Waals surface area (Å²) in [5.74, 6) is 0.598. The van der Waals surface area contributed by atoms with Crippen molar-refractivity contribution < 1.29 is 14.3 Å². The fourth-order valence-electron chi connectivity index (χ4n) is 2.32. The van der Waals surface area contributed by atoms with Crippen molar-refractivity contribution in [2.75, 3.05) is 20.3 Å². The second-order valence-electron chi connectivity index (χ2n) is 4.93. The Morgan fingerprint density at radius 2 is 1.62 bits per heavy atom. The van der Waals surface area contributed by atoms with Gasteiger partial charge in [-0.3, -0.25) is 4.79 Å². The predicted molar refractivity (Wildman–Crippen MR) is 83.2 cm³/mol. The molecule has 2 aromatic carbocycles. The van der Waals surface area contributed by atoms with E-state index in [0.29, 0.717) is 24.5 Å². The zero-order chi connectivity index (χ0) is 15.2. The zero-order valence-electron chi connectivity index (χ0n) is 12.7. The topological polar surface area (TPSA) is 35.5 Å². The van der Waals surface area contributed by atoms with E-state index in [-0.39, 0.29) is 5.78 Å². The molecule has 0 aliphatic rings. The fraction of sp³-hybridized carbons (Fsp3) is 0.278. The first kappa shape index (κ1) is 15.3. The molecule has 21 heavy (non-hydrogen) atoms. The molecule has 110 valence electrons. The van der Waals surface area contributed by atoms with Gasteiger partial charge >= 0.3 is 0 Å². The van der Waals surface area contributed by atoms with Gasteiger partial charge in [0, 0.05) is 12.7 Å². The first-order valence-electron chi connectivity index (χ1n) is 6.97. The van der Waals surface area contributed by atoms with Crippen LogP contribution in [-0.2, 0) is 4.74 Å². The number of para-hydroxylation sites is 1. The molecule has 0 bridgehead atoms. The molecular weight excluding hydrogens is 264 g/mol. The van der Waals surface area contributed by atoms with Gasteiger partial charge in [0.1, 0.15) is 12.4 Å². The summed E-state index contributed by atoms with van der Waals surface area (Å²) in [6, 6.07) is 13.2. The second-order valence-corrected chi connectivity index (χ2v) is 4.93. The number of ether oxygens (including phenoxy) is 2. The third-order valence-electron chi connectivity index (χ3n) is 3.38. The number of ketones is 1. The van der Waals surface area contributed by atoms with Crippen molar-refractivity contribution in [3.8, 4) is 5.75 Å². The number of rotatable bonds is 6. The van der Waals surface area contributed by atoms with E-state index in [2.05, 4.69) is 0 Å². The van der Waals surface area contributed by atoms with Crippen LogP contribution in [0.15, 0.2) is 42.5 Å². The quantitative estimate of drug-likeness (QED) is 0.601. The SMILES string of the molecule is COCCOc1ccccc1C(=O)c1c(C)cccc1C. The highest BCUT2D eigenvalue weighted by molar-refractivity contribution is 6.12. The largest absolute Gasteiger partial charge is 0.490 e. The van der Waals surface area contributed by atoms with E-state index in [9.17, 15) is 4.79 Å². The normalized spacial score (nSPS) is 10.4. The van der Waals surface area contributed by atoms with Crippen molar-refractivity contribution in [3.05, 3.63) is 64.7 Å².